The Kier molecular flexibility index (Phi) is 12.3. The second-order valence-corrected chi connectivity index (χ2v) is 20.1. The van der Waals surface area contributed by atoms with Gasteiger partial charge in [-0.3, -0.25) is 29.3 Å². The third-order valence-corrected chi connectivity index (χ3v) is 16.2. The number of piperidine rings is 1. The summed E-state index contributed by atoms with van der Waals surface area (Å²) in [4.78, 5) is 54.7. The molecule has 2 aliphatic carbocycles. The van der Waals surface area contributed by atoms with Crippen LogP contribution < -0.4 is 41.0 Å². The number of nitrogens with two attached hydrogens (primary N) is 1. The zero-order valence-electron chi connectivity index (χ0n) is 39.0. The number of halogens is 3. The first-order valence-corrected chi connectivity index (χ1v) is 24.3. The van der Waals surface area contributed by atoms with Crippen molar-refractivity contribution in [3.05, 3.63) is 100 Å². The lowest BCUT2D eigenvalue weighted by molar-refractivity contribution is -0.127. The SMILES string of the molecule is COc1ccc(C(N)=O)c(-c2c(Cl)c(F)cc3c2[C@H](C)[C@@](CNC2CCC(C(=O)NCC4CC5(CCN(c6cccc7c(N8CCC(=O)NC8=O)nn(C)c67)CC5)C4)CC2)(c2ccccc2)O3)c1F. The van der Waals surface area contributed by atoms with Crippen LogP contribution in [0.1, 0.15) is 92.1 Å². The quantitative estimate of drug-likeness (QED) is 0.0965. The summed E-state index contributed by atoms with van der Waals surface area (Å²) in [5.41, 5.74) is 7.86. The fourth-order valence-corrected chi connectivity index (χ4v) is 12.3. The molecule has 4 fully saturated rings. The Morgan fingerprint density at radius 2 is 1.72 bits per heavy atom. The molecule has 2 saturated carbocycles. The topological polar surface area (TPSA) is 173 Å². The van der Waals surface area contributed by atoms with Crippen molar-refractivity contribution in [3.8, 4) is 22.6 Å². The Hall–Kier alpha value is -6.26. The largest absolute Gasteiger partial charge is 0.494 e. The Balaban J connectivity index is 0.741. The summed E-state index contributed by atoms with van der Waals surface area (Å²) in [6, 6.07) is 19.2. The average Bonchev–Trinajstić information content (AvgIpc) is 3.82. The molecule has 10 rings (SSSR count). The van der Waals surface area contributed by atoms with E-state index in [-0.39, 0.29) is 68.8 Å². The number of urea groups is 1. The van der Waals surface area contributed by atoms with Gasteiger partial charge in [-0.2, -0.15) is 5.10 Å². The number of primary amides is 1. The van der Waals surface area contributed by atoms with Gasteiger partial charge in [-0.05, 0) is 92.5 Å². The minimum atomic E-state index is -1.07. The average molecular weight is 964 g/mol. The Labute approximate surface area is 404 Å². The zero-order chi connectivity index (χ0) is 48.4. The molecule has 1 aromatic heterocycles. The highest BCUT2D eigenvalue weighted by atomic mass is 35.5. The predicted molar refractivity (Wildman–Crippen MR) is 259 cm³/mol. The molecule has 0 unspecified atom stereocenters. The number of nitrogens with one attached hydrogen (secondary N) is 3. The van der Waals surface area contributed by atoms with Crippen molar-refractivity contribution in [2.75, 3.05) is 49.6 Å². The summed E-state index contributed by atoms with van der Waals surface area (Å²) in [5.74, 6) is -2.34. The Bertz CT molecular complexity index is 2850. The van der Waals surface area contributed by atoms with Crippen LogP contribution in [0.5, 0.6) is 11.5 Å². The minimum Gasteiger partial charge on any atom is -0.494 e. The molecular formula is C52H57ClF2N8O6. The van der Waals surface area contributed by atoms with Gasteiger partial charge in [0.15, 0.2) is 23.0 Å². The van der Waals surface area contributed by atoms with Crippen LogP contribution in [-0.4, -0.2) is 79.4 Å². The summed E-state index contributed by atoms with van der Waals surface area (Å²) < 4.78 is 45.9. The lowest BCUT2D eigenvalue weighted by Crippen LogP contribution is -2.50. The number of benzene rings is 4. The molecule has 1 spiro atoms. The maximum absolute atomic E-state index is 16.2. The van der Waals surface area contributed by atoms with Gasteiger partial charge in [-0.1, -0.05) is 54.9 Å². The number of imide groups is 1. The predicted octanol–water partition coefficient (Wildman–Crippen LogP) is 8.08. The van der Waals surface area contributed by atoms with Gasteiger partial charge in [0.1, 0.15) is 11.6 Å². The number of methoxy groups -OCH3 is 1. The van der Waals surface area contributed by atoms with Gasteiger partial charge in [0.2, 0.25) is 17.7 Å². The number of anilines is 2. The van der Waals surface area contributed by atoms with Gasteiger partial charge in [-0.15, -0.1) is 0 Å². The van der Waals surface area contributed by atoms with Crippen LogP contribution in [0.3, 0.4) is 0 Å². The first kappa shape index (κ1) is 46.5. The molecule has 69 heavy (non-hydrogen) atoms. The van der Waals surface area contributed by atoms with E-state index in [2.05, 4.69) is 26.9 Å². The fourth-order valence-electron chi connectivity index (χ4n) is 12.1. The number of aromatic nitrogens is 2. The lowest BCUT2D eigenvalue weighted by Gasteiger charge is -2.53. The molecule has 4 aromatic carbocycles. The van der Waals surface area contributed by atoms with E-state index in [0.717, 1.165) is 86.6 Å². The molecule has 2 atom stereocenters. The highest BCUT2D eigenvalue weighted by Gasteiger charge is 2.51. The standard InChI is InChI=1S/C52H57ClF2N8O6/c1-29-41-39(24-36(54)44(53)43(41)42-34(47(56)65)16-17-38(68-3)45(42)55)69-52(29,32-8-5-4-6-9-32)28-58-33-14-12-31(13-15-33)49(66)57-27-30-25-51(26-30)19-22-62(23-20-51)37-11-7-10-35-46(37)61(2)60-48(35)63-21-18-40(64)59-50(63)67/h4-11,16-17,24,29-31,33,58H,12-15,18-23,25-28H2,1-3H3,(H2,56,65)(H,57,66)(H,59,64,67)/t29-,31?,33?,52-/m0/s1. The van der Waals surface area contributed by atoms with Gasteiger partial charge >= 0.3 is 6.03 Å². The number of nitrogens with zero attached hydrogens (tertiary/aromatic N) is 4. The molecule has 3 aliphatic heterocycles. The number of para-hydroxylation sites is 1. The normalized spacial score (nSPS) is 23.4. The molecule has 362 valence electrons. The second-order valence-electron chi connectivity index (χ2n) is 19.7. The number of aryl methyl sites for hydroxylation is 1. The summed E-state index contributed by atoms with van der Waals surface area (Å²) >= 11 is 6.69. The van der Waals surface area contributed by atoms with Crippen LogP contribution in [0.15, 0.2) is 66.7 Å². The molecule has 5 amide bonds. The molecular weight excluding hydrogens is 906 g/mol. The Morgan fingerprint density at radius 1 is 0.986 bits per heavy atom. The minimum absolute atomic E-state index is 0.00523. The molecule has 0 bridgehead atoms. The first-order valence-electron chi connectivity index (χ1n) is 24.0. The third-order valence-electron chi connectivity index (χ3n) is 15.8. The first-order chi connectivity index (χ1) is 33.2. The number of ether oxygens (including phenoxy) is 2. The van der Waals surface area contributed by atoms with E-state index in [4.69, 9.17) is 31.9 Å². The maximum atomic E-state index is 16.2. The summed E-state index contributed by atoms with van der Waals surface area (Å²) in [6.45, 7) is 5.05. The number of fused-ring (bicyclic) bond motifs is 2. The highest BCUT2D eigenvalue weighted by molar-refractivity contribution is 6.34. The molecule has 17 heteroatoms. The number of hydrogen-bond donors (Lipinski definition) is 4. The number of hydrogen-bond acceptors (Lipinski definition) is 9. The number of rotatable bonds is 12. The van der Waals surface area contributed by atoms with Crippen molar-refractivity contribution in [3.63, 3.8) is 0 Å². The van der Waals surface area contributed by atoms with Gasteiger partial charge in [0.25, 0.3) is 0 Å². The van der Waals surface area contributed by atoms with Crippen molar-refractivity contribution in [2.45, 2.75) is 82.3 Å². The molecule has 2 saturated heterocycles. The monoisotopic (exact) mass is 962 g/mol. The fraction of sp³-hybridized carbons (Fsp3) is 0.442. The van der Waals surface area contributed by atoms with Crippen LogP contribution in [0.2, 0.25) is 5.02 Å². The van der Waals surface area contributed by atoms with Crippen molar-refractivity contribution in [1.82, 2.24) is 25.7 Å². The number of amides is 5. The second kappa shape index (κ2) is 18.2. The van der Waals surface area contributed by atoms with Crippen molar-refractivity contribution < 1.29 is 37.4 Å². The van der Waals surface area contributed by atoms with E-state index in [1.165, 1.54) is 25.3 Å². The van der Waals surface area contributed by atoms with E-state index < -0.39 is 35.1 Å². The molecule has 14 nitrogen and oxygen atoms in total. The third kappa shape index (κ3) is 8.22. The van der Waals surface area contributed by atoms with Crippen LogP contribution in [0.4, 0.5) is 25.1 Å². The van der Waals surface area contributed by atoms with Crippen molar-refractivity contribution in [1.29, 1.82) is 0 Å². The Morgan fingerprint density at radius 3 is 2.42 bits per heavy atom. The molecule has 5 aliphatic rings. The van der Waals surface area contributed by atoms with Crippen LogP contribution >= 0.6 is 11.6 Å². The number of carbonyl (C=O) groups is 4. The van der Waals surface area contributed by atoms with Crippen LogP contribution in [0.25, 0.3) is 22.0 Å². The van der Waals surface area contributed by atoms with Gasteiger partial charge in [-0.25, -0.2) is 13.6 Å². The van der Waals surface area contributed by atoms with E-state index in [0.29, 0.717) is 36.9 Å². The van der Waals surface area contributed by atoms with E-state index in [1.54, 1.807) is 4.90 Å². The van der Waals surface area contributed by atoms with Crippen LogP contribution in [-0.2, 0) is 22.2 Å². The molecule has 5 N–H and O–H groups in total. The van der Waals surface area contributed by atoms with E-state index >= 15 is 8.78 Å². The summed E-state index contributed by atoms with van der Waals surface area (Å²) in [7, 11) is 3.19. The molecule has 0 radical (unpaired) electrons. The summed E-state index contributed by atoms with van der Waals surface area (Å²) in [6.07, 6.45) is 7.57. The lowest BCUT2D eigenvalue weighted by atomic mass is 9.57. The van der Waals surface area contributed by atoms with E-state index in [9.17, 15) is 19.2 Å². The van der Waals surface area contributed by atoms with Gasteiger partial charge < -0.3 is 30.7 Å². The van der Waals surface area contributed by atoms with Gasteiger partial charge in [0, 0.05) is 92.2 Å². The molecule has 5 aromatic rings. The summed E-state index contributed by atoms with van der Waals surface area (Å²) in [5, 5.41) is 14.7. The van der Waals surface area contributed by atoms with Crippen molar-refractivity contribution >= 4 is 57.8 Å². The van der Waals surface area contributed by atoms with Gasteiger partial charge in [0.05, 0.1) is 28.9 Å². The number of carbonyl (C=O) groups excluding carboxylic acids is 4. The van der Waals surface area contributed by atoms with Crippen molar-refractivity contribution in [2.24, 2.45) is 30.0 Å². The highest BCUT2D eigenvalue weighted by Crippen LogP contribution is 2.57. The maximum Gasteiger partial charge on any atom is 0.329 e. The molecule has 4 heterocycles. The van der Waals surface area contributed by atoms with E-state index in [1.807, 2.05) is 61.1 Å². The van der Waals surface area contributed by atoms with Crippen LogP contribution in [0, 0.1) is 28.9 Å². The zero-order valence-corrected chi connectivity index (χ0v) is 39.8. The smallest absolute Gasteiger partial charge is 0.329 e.